The molecule has 2 atom stereocenters. The quantitative estimate of drug-likeness (QED) is 0.0285. The lowest BCUT2D eigenvalue weighted by atomic mass is 10.1. The fraction of sp³-hybridized carbons (Fsp3) is 0.735. The lowest BCUT2D eigenvalue weighted by Gasteiger charge is -2.31. The summed E-state index contributed by atoms with van der Waals surface area (Å²) in [6.45, 7) is 4.63. The van der Waals surface area contributed by atoms with Crippen molar-refractivity contribution >= 4 is 17.9 Å². The van der Waals surface area contributed by atoms with Gasteiger partial charge in [0, 0.05) is 19.3 Å². The molecule has 0 aromatic heterocycles. The van der Waals surface area contributed by atoms with E-state index in [9.17, 15) is 19.5 Å². The normalized spacial score (nSPS) is 13.5. The van der Waals surface area contributed by atoms with E-state index in [4.69, 9.17) is 14.2 Å². The molecule has 0 saturated heterocycles. The molecule has 0 spiro atoms. The van der Waals surface area contributed by atoms with Crippen LogP contribution in [0.25, 0.3) is 0 Å². The van der Waals surface area contributed by atoms with Crippen LogP contribution in [0.15, 0.2) is 60.8 Å². The Bertz CT molecular complexity index is 1120. The van der Waals surface area contributed by atoms with Crippen LogP contribution in [-0.2, 0) is 28.6 Å². The molecule has 0 aromatic rings. The molecule has 8 nitrogen and oxygen atoms in total. The number of rotatable bonds is 40. The van der Waals surface area contributed by atoms with E-state index >= 15 is 0 Å². The summed E-state index contributed by atoms with van der Waals surface area (Å²) in [7, 11) is 5.50. The first-order valence-electron chi connectivity index (χ1n) is 22.8. The number of nitrogens with zero attached hydrogens (tertiary/aromatic N) is 1. The molecule has 0 aliphatic rings. The smallest absolute Gasteiger partial charge is 0.362 e. The highest BCUT2D eigenvalue weighted by Crippen LogP contribution is 2.13. The van der Waals surface area contributed by atoms with E-state index in [0.717, 1.165) is 57.8 Å². The van der Waals surface area contributed by atoms with Crippen LogP contribution in [-0.4, -0.2) is 80.6 Å². The zero-order valence-electron chi connectivity index (χ0n) is 37.3. The van der Waals surface area contributed by atoms with E-state index in [-0.39, 0.29) is 42.7 Å². The third-order valence-electron chi connectivity index (χ3n) is 9.89. The Morgan fingerprint density at radius 1 is 0.526 bits per heavy atom. The van der Waals surface area contributed by atoms with Gasteiger partial charge in [0.1, 0.15) is 6.61 Å². The third-order valence-corrected chi connectivity index (χ3v) is 9.89. The van der Waals surface area contributed by atoms with E-state index in [0.29, 0.717) is 19.3 Å². The number of carboxylic acids is 1. The van der Waals surface area contributed by atoms with Gasteiger partial charge in [-0.25, -0.2) is 4.79 Å². The van der Waals surface area contributed by atoms with Crippen molar-refractivity contribution in [2.75, 3.05) is 41.0 Å². The molecular weight excluding hydrogens is 715 g/mol. The summed E-state index contributed by atoms with van der Waals surface area (Å²) in [5.41, 5.74) is 0. The van der Waals surface area contributed by atoms with Gasteiger partial charge in [0.2, 0.25) is 0 Å². The molecule has 328 valence electrons. The highest BCUT2D eigenvalue weighted by molar-refractivity contribution is 5.72. The van der Waals surface area contributed by atoms with Crippen molar-refractivity contribution in [1.82, 2.24) is 0 Å². The Morgan fingerprint density at radius 3 is 1.47 bits per heavy atom. The van der Waals surface area contributed by atoms with Gasteiger partial charge in [-0.15, -0.1) is 0 Å². The van der Waals surface area contributed by atoms with E-state index < -0.39 is 18.1 Å². The SMILES string of the molecule is CCCCC/C=C/C/C=C/C/C=C/C/C=C/CCCC(=O)OCC(COCCC(C(=O)O)[N+](C)(C)C)OC(=O)CCCCCCC/C=C/CCCCCCCCC. The van der Waals surface area contributed by atoms with Crippen molar-refractivity contribution in [1.29, 1.82) is 0 Å². The Hall–Kier alpha value is -2.97. The van der Waals surface area contributed by atoms with Gasteiger partial charge >= 0.3 is 17.9 Å². The molecule has 1 N–H and O–H groups in total. The molecule has 0 amide bonds. The van der Waals surface area contributed by atoms with E-state index in [1.54, 1.807) is 0 Å². The molecule has 57 heavy (non-hydrogen) atoms. The van der Waals surface area contributed by atoms with Gasteiger partial charge in [-0.2, -0.15) is 0 Å². The Morgan fingerprint density at radius 2 is 0.947 bits per heavy atom. The average Bonchev–Trinajstić information content (AvgIpc) is 3.17. The van der Waals surface area contributed by atoms with Gasteiger partial charge in [-0.1, -0.05) is 145 Å². The molecule has 0 heterocycles. The molecule has 0 fully saturated rings. The van der Waals surface area contributed by atoms with Crippen molar-refractivity contribution in [3.63, 3.8) is 0 Å². The summed E-state index contributed by atoms with van der Waals surface area (Å²) in [4.78, 5) is 37.0. The number of hydrogen-bond acceptors (Lipinski definition) is 6. The standard InChI is InChI=1S/C49H85NO7/c1-6-8-10-12-14-16-18-20-22-24-26-27-29-31-33-35-37-39-47(51)56-44-45(43-55-42-41-46(49(53)54)50(3,4)5)57-48(52)40-38-36-34-32-30-28-25-23-21-19-17-15-13-11-9-7-2/h14,16,20,22-23,25-27,31,33,45-46H,6-13,15,17-19,21,24,28-30,32,34-44H2,1-5H3/p+1/b16-14+,22-20+,25-23+,27-26+,33-31+. The van der Waals surface area contributed by atoms with Crippen LogP contribution in [0.4, 0.5) is 0 Å². The monoisotopic (exact) mass is 801 g/mol. The molecule has 8 heteroatoms. The Kier molecular flexibility index (Phi) is 37.8. The molecule has 0 bridgehead atoms. The van der Waals surface area contributed by atoms with Crippen molar-refractivity contribution < 1.29 is 38.2 Å². The third kappa shape index (κ3) is 38.3. The fourth-order valence-corrected chi connectivity index (χ4v) is 6.31. The van der Waals surface area contributed by atoms with Crippen LogP contribution in [0.1, 0.15) is 181 Å². The van der Waals surface area contributed by atoms with Crippen LogP contribution in [0.2, 0.25) is 0 Å². The Labute approximate surface area is 349 Å². The lowest BCUT2D eigenvalue weighted by molar-refractivity contribution is -0.887. The minimum Gasteiger partial charge on any atom is -0.477 e. The predicted octanol–water partition coefficient (Wildman–Crippen LogP) is 12.6. The zero-order valence-corrected chi connectivity index (χ0v) is 37.3. The minimum absolute atomic E-state index is 0.0389. The first-order chi connectivity index (χ1) is 27.6. The second-order valence-corrected chi connectivity index (χ2v) is 16.3. The van der Waals surface area contributed by atoms with Gasteiger partial charge < -0.3 is 23.8 Å². The average molecular weight is 801 g/mol. The van der Waals surface area contributed by atoms with Gasteiger partial charge in [0.05, 0.1) is 34.4 Å². The largest absolute Gasteiger partial charge is 0.477 e. The Balaban J connectivity index is 4.44. The minimum atomic E-state index is -0.885. The number of allylic oxidation sites excluding steroid dienone is 10. The van der Waals surface area contributed by atoms with Gasteiger partial charge in [0.15, 0.2) is 12.1 Å². The maximum Gasteiger partial charge on any atom is 0.362 e. The molecule has 0 aliphatic carbocycles. The summed E-state index contributed by atoms with van der Waals surface area (Å²) in [6, 6.07) is -0.626. The van der Waals surface area contributed by atoms with Crippen molar-refractivity contribution in [2.45, 2.75) is 193 Å². The van der Waals surface area contributed by atoms with Crippen molar-refractivity contribution in [2.24, 2.45) is 0 Å². The van der Waals surface area contributed by atoms with E-state index in [1.165, 1.54) is 83.5 Å². The van der Waals surface area contributed by atoms with Gasteiger partial charge in [-0.3, -0.25) is 9.59 Å². The zero-order chi connectivity index (χ0) is 42.1. The number of carbonyl (C=O) groups is 3. The number of ether oxygens (including phenoxy) is 3. The molecule has 0 aromatic carbocycles. The second-order valence-electron chi connectivity index (χ2n) is 16.3. The second kappa shape index (κ2) is 39.8. The molecule has 0 aliphatic heterocycles. The number of carboxylic acid groups (broad SMARTS) is 1. The maximum atomic E-state index is 12.7. The summed E-state index contributed by atoms with van der Waals surface area (Å²) in [5, 5.41) is 9.62. The number of hydrogen-bond donors (Lipinski definition) is 1. The van der Waals surface area contributed by atoms with Gasteiger partial charge in [-0.05, 0) is 77.0 Å². The number of likely N-dealkylation sites (N-methyl/N-ethyl adjacent to an activating group) is 1. The fourth-order valence-electron chi connectivity index (χ4n) is 6.31. The predicted molar refractivity (Wildman–Crippen MR) is 238 cm³/mol. The van der Waals surface area contributed by atoms with Crippen LogP contribution in [0.5, 0.6) is 0 Å². The molecule has 0 rings (SSSR count). The summed E-state index contributed by atoms with van der Waals surface area (Å²) in [6.07, 6.45) is 48.4. The van der Waals surface area contributed by atoms with Crippen LogP contribution in [0.3, 0.4) is 0 Å². The van der Waals surface area contributed by atoms with Crippen LogP contribution >= 0.6 is 0 Å². The van der Waals surface area contributed by atoms with E-state index in [1.807, 2.05) is 21.1 Å². The lowest BCUT2D eigenvalue weighted by Crippen LogP contribution is -2.50. The summed E-state index contributed by atoms with van der Waals surface area (Å²) in [5.74, 6) is -1.55. The summed E-state index contributed by atoms with van der Waals surface area (Å²) >= 11 is 0. The first kappa shape index (κ1) is 54.0. The highest BCUT2D eigenvalue weighted by atomic mass is 16.6. The topological polar surface area (TPSA) is 99.1 Å². The molecule has 0 saturated carbocycles. The van der Waals surface area contributed by atoms with E-state index in [2.05, 4.69) is 74.6 Å². The maximum absolute atomic E-state index is 12.7. The first-order valence-corrected chi connectivity index (χ1v) is 22.8. The molecule has 0 radical (unpaired) electrons. The number of aliphatic carboxylic acids is 1. The number of quaternary nitrogens is 1. The summed E-state index contributed by atoms with van der Waals surface area (Å²) < 4.78 is 17.2. The number of unbranched alkanes of at least 4 members (excludes halogenated alkanes) is 16. The molecular formula is C49H86NO7+. The number of esters is 2. The highest BCUT2D eigenvalue weighted by Gasteiger charge is 2.31. The van der Waals surface area contributed by atoms with Gasteiger partial charge in [0.25, 0.3) is 0 Å². The van der Waals surface area contributed by atoms with Crippen molar-refractivity contribution in [3.05, 3.63) is 60.8 Å². The van der Waals surface area contributed by atoms with Crippen molar-refractivity contribution in [3.8, 4) is 0 Å². The van der Waals surface area contributed by atoms with Crippen LogP contribution < -0.4 is 0 Å². The van der Waals surface area contributed by atoms with Crippen LogP contribution in [0, 0.1) is 0 Å². The molecule has 2 unspecified atom stereocenters. The number of carbonyl (C=O) groups excluding carboxylic acids is 2.